The van der Waals surface area contributed by atoms with Crippen molar-refractivity contribution in [3.63, 3.8) is 0 Å². The van der Waals surface area contributed by atoms with E-state index in [-0.39, 0.29) is 11.1 Å². The molecule has 1 heterocycles. The second kappa shape index (κ2) is 7.40. The Morgan fingerprint density at radius 1 is 0.906 bits per heavy atom. The molecule has 3 aromatic carbocycles. The predicted molar refractivity (Wildman–Crippen MR) is 128 cm³/mol. The van der Waals surface area contributed by atoms with E-state index in [2.05, 4.69) is 47.6 Å². The molecule has 6 rings (SSSR count). The molecule has 32 heavy (non-hydrogen) atoms. The standard InChI is InChI=1S/C28H27N3O/c29-30-28(13-14-31-26-8-4-3-6-20(26)11-12-27(31)32)17-23-16-24(25(23)18-28)22-10-9-19-5-1-2-7-21(19)15-22/h1-12,15,23-25,29H,13-14,16-18H2. The molecule has 0 amide bonds. The molecule has 4 atom stereocenters. The lowest BCUT2D eigenvalue weighted by Crippen LogP contribution is -2.30. The third-order valence-electron chi connectivity index (χ3n) is 8.08. The van der Waals surface area contributed by atoms with Crippen LogP contribution in [0.25, 0.3) is 21.7 Å². The molecule has 2 aliphatic rings. The SMILES string of the molecule is N=NC1(CCn2c(=O)ccc3ccccc32)CC2CC(c3ccc4ccccc4c3)C2C1. The molecule has 0 radical (unpaired) electrons. The van der Waals surface area contributed by atoms with Gasteiger partial charge in [-0.2, -0.15) is 5.11 Å². The second-order valence-electron chi connectivity index (χ2n) is 9.75. The Hall–Kier alpha value is -3.27. The van der Waals surface area contributed by atoms with E-state index in [0.717, 1.165) is 30.2 Å². The molecular formula is C28H27N3O. The van der Waals surface area contributed by atoms with Crippen LogP contribution in [0.3, 0.4) is 0 Å². The summed E-state index contributed by atoms with van der Waals surface area (Å²) < 4.78 is 1.86. The molecule has 2 fully saturated rings. The first-order valence-electron chi connectivity index (χ1n) is 11.6. The van der Waals surface area contributed by atoms with Gasteiger partial charge in [0.2, 0.25) is 0 Å². The summed E-state index contributed by atoms with van der Waals surface area (Å²) >= 11 is 0. The highest BCUT2D eigenvalue weighted by atomic mass is 16.1. The number of rotatable bonds is 5. The summed E-state index contributed by atoms with van der Waals surface area (Å²) in [7, 11) is 0. The number of aryl methyl sites for hydroxylation is 1. The number of fused-ring (bicyclic) bond motifs is 3. The summed E-state index contributed by atoms with van der Waals surface area (Å²) in [6, 6.07) is 27.0. The van der Waals surface area contributed by atoms with E-state index < -0.39 is 0 Å². The minimum atomic E-state index is -0.336. The van der Waals surface area contributed by atoms with E-state index in [1.54, 1.807) is 6.07 Å². The van der Waals surface area contributed by atoms with Gasteiger partial charge >= 0.3 is 0 Å². The Morgan fingerprint density at radius 3 is 2.50 bits per heavy atom. The smallest absolute Gasteiger partial charge is 0.251 e. The minimum absolute atomic E-state index is 0.0267. The van der Waals surface area contributed by atoms with E-state index in [9.17, 15) is 4.79 Å². The van der Waals surface area contributed by atoms with Crippen LogP contribution in [0.1, 0.15) is 37.2 Å². The Morgan fingerprint density at radius 2 is 1.66 bits per heavy atom. The quantitative estimate of drug-likeness (QED) is 0.366. The zero-order valence-corrected chi connectivity index (χ0v) is 18.1. The fourth-order valence-corrected chi connectivity index (χ4v) is 6.33. The van der Waals surface area contributed by atoms with Gasteiger partial charge in [0, 0.05) is 12.6 Å². The summed E-state index contributed by atoms with van der Waals surface area (Å²) in [6.45, 7) is 0.614. The van der Waals surface area contributed by atoms with Crippen molar-refractivity contribution in [3.05, 3.63) is 94.8 Å². The average Bonchev–Trinajstić information content (AvgIpc) is 3.11. The number of nitrogens with zero attached hydrogens (tertiary/aromatic N) is 2. The van der Waals surface area contributed by atoms with Crippen molar-refractivity contribution in [3.8, 4) is 0 Å². The van der Waals surface area contributed by atoms with E-state index in [1.807, 2.05) is 34.9 Å². The number of hydrogen-bond acceptors (Lipinski definition) is 3. The van der Waals surface area contributed by atoms with Crippen molar-refractivity contribution < 1.29 is 0 Å². The number of hydrogen-bond donors (Lipinski definition) is 1. The number of aromatic nitrogens is 1. The van der Waals surface area contributed by atoms with Crippen LogP contribution >= 0.6 is 0 Å². The van der Waals surface area contributed by atoms with Gasteiger partial charge in [0.1, 0.15) is 0 Å². The summed E-state index contributed by atoms with van der Waals surface area (Å²) in [5, 5.41) is 7.86. The van der Waals surface area contributed by atoms with Crippen LogP contribution in [0.2, 0.25) is 0 Å². The van der Waals surface area contributed by atoms with Crippen LogP contribution in [0, 0.1) is 17.4 Å². The molecule has 0 spiro atoms. The molecule has 0 bridgehead atoms. The second-order valence-corrected chi connectivity index (χ2v) is 9.75. The van der Waals surface area contributed by atoms with E-state index in [1.165, 1.54) is 22.8 Å². The third-order valence-corrected chi connectivity index (χ3v) is 8.08. The predicted octanol–water partition coefficient (Wildman–Crippen LogP) is 6.53. The van der Waals surface area contributed by atoms with Crippen molar-refractivity contribution in [2.45, 2.75) is 43.7 Å². The maximum Gasteiger partial charge on any atom is 0.251 e. The lowest BCUT2D eigenvalue weighted by atomic mass is 9.64. The highest BCUT2D eigenvalue weighted by molar-refractivity contribution is 5.83. The molecule has 1 aromatic heterocycles. The molecule has 4 heteroatoms. The van der Waals surface area contributed by atoms with Gasteiger partial charge < -0.3 is 4.57 Å². The summed E-state index contributed by atoms with van der Waals surface area (Å²) in [4.78, 5) is 12.6. The van der Waals surface area contributed by atoms with Crippen LogP contribution in [-0.2, 0) is 6.54 Å². The van der Waals surface area contributed by atoms with Gasteiger partial charge in [-0.15, -0.1) is 0 Å². The lowest BCUT2D eigenvalue weighted by molar-refractivity contribution is 0.169. The van der Waals surface area contributed by atoms with Gasteiger partial charge in [-0.05, 0) is 77.3 Å². The van der Waals surface area contributed by atoms with Crippen LogP contribution in [0.5, 0.6) is 0 Å². The van der Waals surface area contributed by atoms with E-state index >= 15 is 0 Å². The first kappa shape index (κ1) is 19.4. The van der Waals surface area contributed by atoms with Crippen LogP contribution < -0.4 is 5.56 Å². The fraction of sp³-hybridized carbons (Fsp3) is 0.321. The molecule has 0 aliphatic heterocycles. The van der Waals surface area contributed by atoms with Crippen molar-refractivity contribution in [2.24, 2.45) is 17.0 Å². The number of benzene rings is 3. The summed E-state index contributed by atoms with van der Waals surface area (Å²) in [5.74, 6) is 1.80. The topological polar surface area (TPSA) is 58.2 Å². The van der Waals surface area contributed by atoms with Crippen molar-refractivity contribution in [1.29, 1.82) is 5.53 Å². The highest BCUT2D eigenvalue weighted by Crippen LogP contribution is 2.60. The molecule has 160 valence electrons. The van der Waals surface area contributed by atoms with Gasteiger partial charge in [0.15, 0.2) is 0 Å². The Labute approximate surface area is 187 Å². The monoisotopic (exact) mass is 421 g/mol. The van der Waals surface area contributed by atoms with Gasteiger partial charge in [0.25, 0.3) is 5.56 Å². The van der Waals surface area contributed by atoms with Gasteiger partial charge in [0.05, 0.1) is 11.1 Å². The lowest BCUT2D eigenvalue weighted by Gasteiger charge is -2.40. The van der Waals surface area contributed by atoms with Gasteiger partial charge in [-0.1, -0.05) is 60.7 Å². The number of para-hydroxylation sites is 1. The molecule has 0 saturated heterocycles. The fourth-order valence-electron chi connectivity index (χ4n) is 6.33. The molecule has 4 unspecified atom stereocenters. The molecule has 1 N–H and O–H groups in total. The van der Waals surface area contributed by atoms with E-state index in [4.69, 9.17) is 5.53 Å². The zero-order valence-electron chi connectivity index (χ0n) is 18.1. The van der Waals surface area contributed by atoms with Crippen LogP contribution in [0.15, 0.2) is 88.8 Å². The van der Waals surface area contributed by atoms with Crippen molar-refractivity contribution in [1.82, 2.24) is 4.57 Å². The van der Waals surface area contributed by atoms with Gasteiger partial charge in [-0.25, -0.2) is 5.53 Å². The van der Waals surface area contributed by atoms with E-state index in [0.29, 0.717) is 24.3 Å². The largest absolute Gasteiger partial charge is 0.308 e. The Balaban J connectivity index is 1.23. The summed E-state index contributed by atoms with van der Waals surface area (Å²) in [6.07, 6.45) is 3.87. The molecular weight excluding hydrogens is 394 g/mol. The highest BCUT2D eigenvalue weighted by Gasteiger charge is 2.54. The third kappa shape index (κ3) is 3.09. The summed E-state index contributed by atoms with van der Waals surface area (Å²) in [5.41, 5.74) is 10.1. The number of nitrogens with one attached hydrogen (secondary N) is 1. The first-order chi connectivity index (χ1) is 15.7. The maximum atomic E-state index is 12.6. The number of pyridine rings is 1. The van der Waals surface area contributed by atoms with Crippen LogP contribution in [0.4, 0.5) is 0 Å². The molecule has 2 aliphatic carbocycles. The molecule has 4 aromatic rings. The van der Waals surface area contributed by atoms with Gasteiger partial charge in [-0.3, -0.25) is 4.79 Å². The van der Waals surface area contributed by atoms with Crippen molar-refractivity contribution in [2.75, 3.05) is 0 Å². The minimum Gasteiger partial charge on any atom is -0.308 e. The zero-order chi connectivity index (χ0) is 21.7. The molecule has 4 nitrogen and oxygen atoms in total. The van der Waals surface area contributed by atoms with Crippen molar-refractivity contribution >= 4 is 21.7 Å². The molecule has 2 saturated carbocycles. The Bertz CT molecular complexity index is 1390. The van der Waals surface area contributed by atoms with Crippen LogP contribution in [-0.4, -0.2) is 10.1 Å². The first-order valence-corrected chi connectivity index (χ1v) is 11.6. The average molecular weight is 422 g/mol. The maximum absolute atomic E-state index is 12.6. The normalized spacial score (nSPS) is 26.7. The Kier molecular flexibility index (Phi) is 4.49.